The van der Waals surface area contributed by atoms with E-state index in [-0.39, 0.29) is 31.0 Å². The number of halogens is 3. The van der Waals surface area contributed by atoms with Gasteiger partial charge in [0.1, 0.15) is 17.4 Å². The van der Waals surface area contributed by atoms with Crippen LogP contribution in [0.1, 0.15) is 35.6 Å². The highest BCUT2D eigenvalue weighted by molar-refractivity contribution is 9.10. The van der Waals surface area contributed by atoms with Crippen molar-refractivity contribution in [3.8, 4) is 5.75 Å². The maximum absolute atomic E-state index is 14.1. The van der Waals surface area contributed by atoms with Gasteiger partial charge in [0.15, 0.2) is 11.6 Å². The van der Waals surface area contributed by atoms with Crippen molar-refractivity contribution in [1.29, 1.82) is 0 Å². The predicted molar refractivity (Wildman–Crippen MR) is 147 cm³/mol. The maximum Gasteiger partial charge on any atom is 0.266 e. The first-order valence-corrected chi connectivity index (χ1v) is 13.1. The number of hydrogen-bond donors (Lipinski definition) is 3. The minimum Gasteiger partial charge on any atom is -0.494 e. The third-order valence-electron chi connectivity index (χ3n) is 6.17. The van der Waals surface area contributed by atoms with Gasteiger partial charge in [0.05, 0.1) is 6.61 Å². The molecule has 3 N–H and O–H groups in total. The normalized spacial score (nSPS) is 18.3. The molecule has 3 aromatic rings. The molecule has 0 unspecified atom stereocenters. The third-order valence-corrected chi connectivity index (χ3v) is 6.89. The summed E-state index contributed by atoms with van der Waals surface area (Å²) in [5.41, 5.74) is 5.45. The number of aliphatic hydroxyl groups excluding tert-OH is 1. The average molecular weight is 600 g/mol. The zero-order chi connectivity index (χ0) is 27.8. The van der Waals surface area contributed by atoms with Crippen molar-refractivity contribution in [3.63, 3.8) is 0 Å². The number of hydrazine groups is 1. The number of aliphatic hydroxyl groups is 1. The monoisotopic (exact) mass is 599 g/mol. The van der Waals surface area contributed by atoms with E-state index in [1.54, 1.807) is 30.3 Å². The van der Waals surface area contributed by atoms with Gasteiger partial charge in [-0.3, -0.25) is 10.2 Å². The van der Waals surface area contributed by atoms with E-state index >= 15 is 0 Å². The number of hydrogen-bond acceptors (Lipinski definition) is 6. The van der Waals surface area contributed by atoms with Crippen LogP contribution >= 0.6 is 15.9 Å². The van der Waals surface area contributed by atoms with E-state index in [0.29, 0.717) is 29.9 Å². The van der Waals surface area contributed by atoms with E-state index in [2.05, 4.69) is 33.4 Å². The lowest BCUT2D eigenvalue weighted by molar-refractivity contribution is -0.130. The summed E-state index contributed by atoms with van der Waals surface area (Å²) in [4.78, 5) is 18.5. The van der Waals surface area contributed by atoms with Gasteiger partial charge in [-0.25, -0.2) is 19.2 Å². The summed E-state index contributed by atoms with van der Waals surface area (Å²) >= 11 is 3.56. The fraction of sp³-hybridized carbons (Fsp3) is 0.241. The van der Waals surface area contributed by atoms with Crippen LogP contribution in [-0.4, -0.2) is 35.7 Å². The summed E-state index contributed by atoms with van der Waals surface area (Å²) in [5.74, 6) is -1.03. The van der Waals surface area contributed by atoms with Crippen molar-refractivity contribution in [2.24, 2.45) is 4.99 Å². The topological polar surface area (TPSA) is 92.2 Å². The molecule has 2 atom stereocenters. The Hall–Kier alpha value is -3.60. The number of ether oxygens (including phenoxy) is 2. The molecule has 0 bridgehead atoms. The summed E-state index contributed by atoms with van der Waals surface area (Å²) in [6.45, 7) is 4.19. The smallest absolute Gasteiger partial charge is 0.266 e. The molecule has 3 aromatic carbocycles. The number of amides is 1. The van der Waals surface area contributed by atoms with Crippen molar-refractivity contribution in [1.82, 2.24) is 10.9 Å². The molecule has 0 saturated carbocycles. The van der Waals surface area contributed by atoms with Gasteiger partial charge in [0.2, 0.25) is 5.90 Å². The van der Waals surface area contributed by atoms with Crippen molar-refractivity contribution in [2.45, 2.75) is 31.0 Å². The van der Waals surface area contributed by atoms with Crippen LogP contribution in [0.3, 0.4) is 0 Å². The zero-order valence-electron chi connectivity index (χ0n) is 21.0. The van der Waals surface area contributed by atoms with Crippen LogP contribution in [0, 0.1) is 11.6 Å². The molecule has 0 aromatic heterocycles. The average Bonchev–Trinajstić information content (AvgIpc) is 3.31. The number of nitrogens with zero attached hydrogens (tertiary/aromatic N) is 1. The van der Waals surface area contributed by atoms with Crippen LogP contribution in [0.5, 0.6) is 5.75 Å². The molecule has 1 aliphatic rings. The Morgan fingerprint density at radius 3 is 2.64 bits per heavy atom. The molecule has 1 aliphatic heterocycles. The Morgan fingerprint density at radius 1 is 1.18 bits per heavy atom. The lowest BCUT2D eigenvalue weighted by Crippen LogP contribution is -2.52. The molecule has 0 saturated heterocycles. The van der Waals surface area contributed by atoms with Gasteiger partial charge >= 0.3 is 0 Å². The van der Waals surface area contributed by atoms with E-state index in [4.69, 9.17) is 19.6 Å². The predicted octanol–water partition coefficient (Wildman–Crippen LogP) is 5.14. The molecule has 0 radical (unpaired) electrons. The highest BCUT2D eigenvalue weighted by atomic mass is 79.9. The van der Waals surface area contributed by atoms with Crippen molar-refractivity contribution in [3.05, 3.63) is 112 Å². The Balaban J connectivity index is 1.63. The highest BCUT2D eigenvalue weighted by Crippen LogP contribution is 2.44. The van der Waals surface area contributed by atoms with E-state index in [1.165, 1.54) is 6.07 Å². The molecule has 1 amide bonds. The minimum absolute atomic E-state index is 0.0420. The Bertz CT molecular complexity index is 1350. The van der Waals surface area contributed by atoms with Crippen LogP contribution in [0.25, 0.3) is 0 Å². The molecule has 0 spiro atoms. The van der Waals surface area contributed by atoms with Gasteiger partial charge in [-0.2, -0.15) is 0 Å². The molecule has 10 heteroatoms. The summed E-state index contributed by atoms with van der Waals surface area (Å²) < 4.78 is 40.0. The first-order chi connectivity index (χ1) is 18.9. The third kappa shape index (κ3) is 6.52. The second-order valence-electron chi connectivity index (χ2n) is 8.85. The Labute approximate surface area is 233 Å². The van der Waals surface area contributed by atoms with E-state index in [0.717, 1.165) is 16.6 Å². The molecular formula is C29H28BrF2N3O4. The van der Waals surface area contributed by atoms with Crippen LogP contribution in [0.2, 0.25) is 0 Å². The van der Waals surface area contributed by atoms with E-state index < -0.39 is 29.2 Å². The van der Waals surface area contributed by atoms with Gasteiger partial charge in [0.25, 0.3) is 5.91 Å². The number of carbonyl (C=O) groups is 1. The van der Waals surface area contributed by atoms with Crippen molar-refractivity contribution >= 4 is 27.7 Å². The quantitative estimate of drug-likeness (QED) is 0.152. The van der Waals surface area contributed by atoms with Crippen molar-refractivity contribution in [2.75, 3.05) is 13.2 Å². The number of rotatable bonds is 12. The lowest BCUT2D eigenvalue weighted by atomic mass is 9.84. The molecule has 39 heavy (non-hydrogen) atoms. The molecule has 0 aliphatic carbocycles. The van der Waals surface area contributed by atoms with E-state index in [1.807, 2.05) is 24.3 Å². The Morgan fingerprint density at radius 2 is 1.95 bits per heavy atom. The van der Waals surface area contributed by atoms with Crippen LogP contribution < -0.4 is 15.6 Å². The molecule has 7 nitrogen and oxygen atoms in total. The van der Waals surface area contributed by atoms with Gasteiger partial charge in [-0.1, -0.05) is 46.3 Å². The number of carbonyl (C=O) groups excluding carboxylic acids is 1. The fourth-order valence-electron chi connectivity index (χ4n) is 4.19. The lowest BCUT2D eigenvalue weighted by Gasteiger charge is -2.30. The van der Waals surface area contributed by atoms with E-state index in [9.17, 15) is 13.6 Å². The molecule has 1 heterocycles. The minimum atomic E-state index is -1.44. The summed E-state index contributed by atoms with van der Waals surface area (Å²) in [6, 6.07) is 17.7. The molecule has 0 fully saturated rings. The summed E-state index contributed by atoms with van der Waals surface area (Å²) in [5, 5.41) is 8.95. The van der Waals surface area contributed by atoms with Gasteiger partial charge in [-0.15, -0.1) is 6.58 Å². The zero-order valence-corrected chi connectivity index (χ0v) is 22.6. The van der Waals surface area contributed by atoms with Gasteiger partial charge in [0, 0.05) is 53.2 Å². The largest absolute Gasteiger partial charge is 0.494 e. The molecular weight excluding hydrogens is 572 g/mol. The van der Waals surface area contributed by atoms with Gasteiger partial charge < -0.3 is 14.6 Å². The summed E-state index contributed by atoms with van der Waals surface area (Å²) in [6.07, 6.45) is 1.44. The fourth-order valence-corrected chi connectivity index (χ4v) is 4.69. The van der Waals surface area contributed by atoms with Crippen LogP contribution in [0.15, 0.2) is 88.9 Å². The van der Waals surface area contributed by atoms with Gasteiger partial charge in [-0.05, 0) is 36.4 Å². The number of benzene rings is 3. The molecule has 204 valence electrons. The first-order valence-electron chi connectivity index (χ1n) is 12.3. The Kier molecular flexibility index (Phi) is 9.45. The van der Waals surface area contributed by atoms with Crippen molar-refractivity contribution < 1.29 is 28.2 Å². The number of aliphatic imine (C=N–C) groups is 1. The standard InChI is InChI=1S/C29H28BrF2N3O4/c1-2-14-29(28(37)35-33-18-20-8-11-21(31)17-25(20)32)26(23-6-3-4-7-24(23)30)39-27(34-29)19-9-12-22(13-10-19)38-16-5-15-36/h2-4,6-13,17,26,33,36H,1,5,14-16,18H2,(H,35,37)/t26-,29-/m0/s1. The summed E-state index contributed by atoms with van der Waals surface area (Å²) in [7, 11) is 0. The SMILES string of the molecule is C=CC[C@]1(C(=O)NNCc2ccc(F)cc2F)N=C(c2ccc(OCCCO)cc2)O[C@H]1c1ccccc1Br. The highest BCUT2D eigenvalue weighted by Gasteiger charge is 2.53. The second kappa shape index (κ2) is 13.0. The first kappa shape index (κ1) is 28.4. The van der Waals surface area contributed by atoms with Crippen LogP contribution in [-0.2, 0) is 16.1 Å². The molecule has 4 rings (SSSR count). The second-order valence-corrected chi connectivity index (χ2v) is 9.70. The van der Waals surface area contributed by atoms with Crippen LogP contribution in [0.4, 0.5) is 8.78 Å². The number of nitrogens with one attached hydrogen (secondary N) is 2. The maximum atomic E-state index is 14.1.